The number of aromatic nitrogens is 3. The number of amides is 1. The summed E-state index contributed by atoms with van der Waals surface area (Å²) < 4.78 is 114. The Morgan fingerprint density at radius 3 is 2.88 bits per heavy atom. The van der Waals surface area contributed by atoms with Gasteiger partial charge in [0.15, 0.2) is 0 Å². The lowest BCUT2D eigenvalue weighted by atomic mass is 10.1. The number of rotatable bonds is 7. The molecule has 41 heavy (non-hydrogen) atoms. The average Bonchev–Trinajstić information content (AvgIpc) is 3.09. The Kier molecular flexibility index (Phi) is 6.56. The van der Waals surface area contributed by atoms with E-state index in [1.165, 1.54) is 24.4 Å². The lowest BCUT2D eigenvalue weighted by Crippen LogP contribution is -2.24. The van der Waals surface area contributed by atoms with Gasteiger partial charge in [-0.15, -0.1) is 0 Å². The highest BCUT2D eigenvalue weighted by atomic mass is 79.9. The number of carbonyl (C=O) groups is 1. The molecule has 1 amide bonds. The van der Waals surface area contributed by atoms with E-state index < -0.39 is 59.3 Å². The van der Waals surface area contributed by atoms with Crippen LogP contribution in [0, 0.1) is 0 Å². The van der Waals surface area contributed by atoms with Crippen LogP contribution in [-0.2, 0) is 27.7 Å². The molecule has 0 spiro atoms. The first kappa shape index (κ1) is 23.0. The Hall–Kier alpha value is -3.62. The van der Waals surface area contributed by atoms with Crippen molar-refractivity contribution in [1.82, 2.24) is 20.3 Å². The number of nitrogens with one attached hydrogen (secondary N) is 1. The zero-order valence-electron chi connectivity index (χ0n) is 25.7. The number of hydrogen-bond donors (Lipinski definition) is 1. The smallest absolute Gasteiger partial charge is 0.280 e. The summed E-state index contributed by atoms with van der Waals surface area (Å²) in [5.41, 5.74) is -2.27. The number of hydrogen-bond acceptors (Lipinski definition) is 8. The molecule has 14 heteroatoms. The zero-order chi connectivity index (χ0) is 33.6. The zero-order valence-corrected chi connectivity index (χ0v) is 23.1. The van der Waals surface area contributed by atoms with Gasteiger partial charge < -0.3 is 14.8 Å². The third-order valence-electron chi connectivity index (χ3n) is 6.14. The minimum absolute atomic E-state index is 0.0595. The van der Waals surface area contributed by atoms with Crippen molar-refractivity contribution in [3.63, 3.8) is 0 Å². The number of fused-ring (bicyclic) bond motifs is 2. The summed E-state index contributed by atoms with van der Waals surface area (Å²) in [7, 11) is -4.40. The van der Waals surface area contributed by atoms with Gasteiger partial charge >= 0.3 is 0 Å². The number of nitrogens with zero attached hydrogens (tertiary/aromatic N) is 3. The van der Waals surface area contributed by atoms with Gasteiger partial charge in [-0.1, -0.05) is 15.9 Å². The van der Waals surface area contributed by atoms with E-state index in [2.05, 4.69) is 36.2 Å². The number of benzene rings is 1. The maximum absolute atomic E-state index is 14.3. The average molecular weight is 656 g/mol. The highest BCUT2D eigenvalue weighted by Gasteiger charge is 2.34. The number of pyridine rings is 3. The minimum atomic E-state index is -4.40. The van der Waals surface area contributed by atoms with Crippen molar-refractivity contribution in [2.45, 2.75) is 36.8 Å². The number of ether oxygens (including phenoxy) is 2. The van der Waals surface area contributed by atoms with Crippen molar-refractivity contribution >= 4 is 42.6 Å². The van der Waals surface area contributed by atoms with E-state index in [1.54, 1.807) is 6.07 Å². The molecule has 1 aliphatic rings. The molecule has 1 aromatic carbocycles. The van der Waals surface area contributed by atoms with Crippen LogP contribution in [0.15, 0.2) is 58.0 Å². The maximum atomic E-state index is 14.3. The molecule has 9 nitrogen and oxygen atoms in total. The second-order valence-corrected chi connectivity index (χ2v) is 11.6. The molecule has 0 saturated carbocycles. The Bertz CT molecular complexity index is 1950. The van der Waals surface area contributed by atoms with Crippen LogP contribution in [0.3, 0.4) is 0 Å². The molecule has 1 atom stereocenters. The van der Waals surface area contributed by atoms with Crippen molar-refractivity contribution in [3.8, 4) is 17.1 Å². The van der Waals surface area contributed by atoms with Crippen LogP contribution in [0.2, 0.25) is 0 Å². The largest absolute Gasteiger partial charge is 0.477 e. The van der Waals surface area contributed by atoms with Crippen molar-refractivity contribution in [2.75, 3.05) is 13.2 Å². The molecular weight excluding hydrogens is 629 g/mol. The maximum Gasteiger partial charge on any atom is 0.280 e. The first-order valence-electron chi connectivity index (χ1n) is 14.3. The molecule has 5 rings (SSSR count). The molecule has 1 N–H and O–H groups in total. The molecule has 0 aliphatic carbocycles. The van der Waals surface area contributed by atoms with Crippen LogP contribution in [-0.4, -0.2) is 47.9 Å². The summed E-state index contributed by atoms with van der Waals surface area (Å²) in [5, 5.41) is 3.14. The first-order chi connectivity index (χ1) is 21.5. The molecule has 1 aliphatic heterocycles. The van der Waals surface area contributed by atoms with E-state index in [0.717, 1.165) is 18.2 Å². The van der Waals surface area contributed by atoms with E-state index in [9.17, 15) is 26.4 Å². The Morgan fingerprint density at radius 2 is 2.10 bits per heavy atom. The fraction of sp³-hybridized carbons (Fsp3) is 0.259. The predicted molar refractivity (Wildman–Crippen MR) is 146 cm³/mol. The first-order valence-corrected chi connectivity index (χ1v) is 14.1. The predicted octanol–water partition coefficient (Wildman–Crippen LogP) is 5.32. The van der Waals surface area contributed by atoms with Crippen LogP contribution in [0.1, 0.15) is 47.4 Å². The topological polar surface area (TPSA) is 120 Å². The van der Waals surface area contributed by atoms with E-state index in [4.69, 9.17) is 16.3 Å². The van der Waals surface area contributed by atoms with Crippen molar-refractivity contribution in [3.05, 3.63) is 75.6 Å². The van der Waals surface area contributed by atoms with E-state index >= 15 is 0 Å². The molecule has 0 fully saturated rings. The lowest BCUT2D eigenvalue weighted by molar-refractivity contribution is 0.0946. The molecule has 4 aromatic rings. The van der Waals surface area contributed by atoms with Gasteiger partial charge in [-0.25, -0.2) is 31.6 Å². The van der Waals surface area contributed by atoms with Crippen LogP contribution in [0.4, 0.5) is 13.2 Å². The van der Waals surface area contributed by atoms with Gasteiger partial charge in [-0.3, -0.25) is 9.78 Å². The quantitative estimate of drug-likeness (QED) is 0.284. The van der Waals surface area contributed by atoms with Gasteiger partial charge in [-0.05, 0) is 49.3 Å². The van der Waals surface area contributed by atoms with Crippen molar-refractivity contribution < 1.29 is 42.7 Å². The summed E-state index contributed by atoms with van der Waals surface area (Å²) in [5.74, 6) is -1.38. The normalized spacial score (nSPS) is 18.8. The SMILES string of the molecule is [2H]C([2H])([2H])C([2H])([2H])Oc1nc(C(F)F)ccc1-c1ccc2cnc(CNC(=O)c3cc(Br)c4c(c3)S(=O)(=O)[C@@H](F)COC4)cc2n1. The fourth-order valence-corrected chi connectivity index (χ4v) is 6.15. The van der Waals surface area contributed by atoms with Crippen molar-refractivity contribution in [1.29, 1.82) is 0 Å². The minimum Gasteiger partial charge on any atom is -0.477 e. The Morgan fingerprint density at radius 1 is 1.27 bits per heavy atom. The third-order valence-corrected chi connectivity index (χ3v) is 8.64. The van der Waals surface area contributed by atoms with Gasteiger partial charge in [0.1, 0.15) is 5.69 Å². The van der Waals surface area contributed by atoms with Crippen LogP contribution in [0.5, 0.6) is 5.88 Å². The molecular formula is C27H22BrF3N4O5S. The summed E-state index contributed by atoms with van der Waals surface area (Å²) >= 11 is 3.23. The Balaban J connectivity index is 1.42. The van der Waals surface area contributed by atoms with Gasteiger partial charge in [0.05, 0.1) is 56.4 Å². The summed E-state index contributed by atoms with van der Waals surface area (Å²) in [4.78, 5) is 25.0. The molecule has 0 saturated heterocycles. The van der Waals surface area contributed by atoms with Crippen LogP contribution >= 0.6 is 15.9 Å². The summed E-state index contributed by atoms with van der Waals surface area (Å²) in [6.07, 6.45) is -1.60. The van der Waals surface area contributed by atoms with Gasteiger partial charge in [0, 0.05) is 31.3 Å². The standard InChI is InChI=1S/C27H22BrF3N4O5S/c1-2-40-27-17(4-6-21(35-27)25(30)31)20-5-3-14-10-32-16(9-22(14)34-20)11-33-26(36)15-7-19(28)18-12-39-13-24(29)41(37,38)23(18)8-15/h3-10,24-25H,2,11-13H2,1H3,(H,33,36)/t24-/m1/s1/i1D3,2D2. The van der Waals surface area contributed by atoms with Gasteiger partial charge in [-0.2, -0.15) is 0 Å². The molecule has 4 heterocycles. The molecule has 0 unspecified atom stereocenters. The second-order valence-electron chi connectivity index (χ2n) is 8.75. The Labute approximate surface area is 248 Å². The molecule has 3 aromatic heterocycles. The highest BCUT2D eigenvalue weighted by Crippen LogP contribution is 2.33. The third kappa shape index (κ3) is 5.90. The number of alkyl halides is 3. The summed E-state index contributed by atoms with van der Waals surface area (Å²) in [6, 6.07) is 9.14. The van der Waals surface area contributed by atoms with E-state index in [-0.39, 0.29) is 44.9 Å². The van der Waals surface area contributed by atoms with Gasteiger partial charge in [0.25, 0.3) is 12.3 Å². The molecule has 214 valence electrons. The summed E-state index contributed by atoms with van der Waals surface area (Å²) in [6.45, 7) is -7.48. The van der Waals surface area contributed by atoms with E-state index in [0.29, 0.717) is 16.6 Å². The highest BCUT2D eigenvalue weighted by molar-refractivity contribution is 9.10. The molecule has 0 radical (unpaired) electrons. The molecule has 0 bridgehead atoms. The fourth-order valence-electron chi connectivity index (χ4n) is 4.09. The van der Waals surface area contributed by atoms with Crippen molar-refractivity contribution in [2.24, 2.45) is 0 Å². The van der Waals surface area contributed by atoms with Crippen LogP contribution in [0.25, 0.3) is 22.2 Å². The number of halogens is 4. The monoisotopic (exact) mass is 655 g/mol. The second kappa shape index (κ2) is 11.7. The van der Waals surface area contributed by atoms with Crippen LogP contribution < -0.4 is 10.1 Å². The number of carbonyl (C=O) groups excluding carboxylic acids is 1. The lowest BCUT2D eigenvalue weighted by Gasteiger charge is -2.13. The van der Waals surface area contributed by atoms with Gasteiger partial charge in [0.2, 0.25) is 21.2 Å². The van der Waals surface area contributed by atoms with E-state index in [1.807, 2.05) is 0 Å². The number of sulfone groups is 1.